The van der Waals surface area contributed by atoms with Gasteiger partial charge in [0.2, 0.25) is 11.8 Å². The molecule has 0 aliphatic rings. The predicted octanol–water partition coefficient (Wildman–Crippen LogP) is 2.90. The van der Waals surface area contributed by atoms with Crippen LogP contribution >= 0.6 is 0 Å². The highest BCUT2D eigenvalue weighted by atomic mass is 16.3. The van der Waals surface area contributed by atoms with Crippen molar-refractivity contribution in [3.05, 3.63) is 82.6 Å². The second kappa shape index (κ2) is 9.73. The summed E-state index contributed by atoms with van der Waals surface area (Å²) >= 11 is 0. The van der Waals surface area contributed by atoms with E-state index < -0.39 is 0 Å². The molecule has 156 valence electrons. The van der Waals surface area contributed by atoms with Gasteiger partial charge in [-0.25, -0.2) is 0 Å². The van der Waals surface area contributed by atoms with Crippen LogP contribution in [0.4, 0.5) is 0 Å². The van der Waals surface area contributed by atoms with Gasteiger partial charge in [0.05, 0.1) is 31.6 Å². The zero-order valence-electron chi connectivity index (χ0n) is 17.4. The first-order valence-electron chi connectivity index (χ1n) is 9.77. The Morgan fingerprint density at radius 3 is 2.57 bits per heavy atom. The summed E-state index contributed by atoms with van der Waals surface area (Å²) in [4.78, 5) is 23.9. The van der Waals surface area contributed by atoms with E-state index in [2.05, 4.69) is 46.9 Å². The summed E-state index contributed by atoms with van der Waals surface area (Å²) in [6.07, 6.45) is 4.70. The smallest absolute Gasteiger partial charge is 0.244 e. The minimum Gasteiger partial charge on any atom is -0.467 e. The lowest BCUT2D eigenvalue weighted by atomic mass is 10.1. The summed E-state index contributed by atoms with van der Waals surface area (Å²) in [5.41, 5.74) is 5.11. The number of nitrogens with zero attached hydrogens (tertiary/aromatic N) is 2. The van der Waals surface area contributed by atoms with Gasteiger partial charge in [-0.05, 0) is 44.5 Å². The van der Waals surface area contributed by atoms with Gasteiger partial charge in [-0.1, -0.05) is 29.8 Å². The molecule has 0 spiro atoms. The summed E-state index contributed by atoms with van der Waals surface area (Å²) in [6, 6.07) is 11.9. The van der Waals surface area contributed by atoms with Crippen LogP contribution in [0.5, 0.6) is 0 Å². The summed E-state index contributed by atoms with van der Waals surface area (Å²) in [5, 5.41) is 9.85. The second-order valence-electron chi connectivity index (χ2n) is 7.13. The zero-order valence-corrected chi connectivity index (χ0v) is 17.4. The third-order valence-corrected chi connectivity index (χ3v) is 4.75. The third-order valence-electron chi connectivity index (χ3n) is 4.75. The average Bonchev–Trinajstić information content (AvgIpc) is 3.33. The van der Waals surface area contributed by atoms with Gasteiger partial charge in [-0.3, -0.25) is 14.3 Å². The molecule has 1 aromatic carbocycles. The molecule has 0 atom stereocenters. The molecular weight excluding hydrogens is 380 g/mol. The maximum atomic E-state index is 12.1. The fourth-order valence-electron chi connectivity index (χ4n) is 3.02. The van der Waals surface area contributed by atoms with Gasteiger partial charge in [0, 0.05) is 17.3 Å². The highest BCUT2D eigenvalue weighted by Crippen LogP contribution is 2.16. The van der Waals surface area contributed by atoms with Gasteiger partial charge in [-0.15, -0.1) is 0 Å². The summed E-state index contributed by atoms with van der Waals surface area (Å²) in [7, 11) is 0. The Balaban J connectivity index is 1.53. The highest BCUT2D eigenvalue weighted by molar-refractivity contribution is 5.94. The molecule has 0 aliphatic carbocycles. The van der Waals surface area contributed by atoms with Crippen molar-refractivity contribution < 1.29 is 14.0 Å². The second-order valence-corrected chi connectivity index (χ2v) is 7.13. The van der Waals surface area contributed by atoms with E-state index in [9.17, 15) is 9.59 Å². The highest BCUT2D eigenvalue weighted by Gasteiger charge is 2.10. The van der Waals surface area contributed by atoms with Crippen molar-refractivity contribution in [1.29, 1.82) is 0 Å². The maximum absolute atomic E-state index is 12.1. The zero-order chi connectivity index (χ0) is 21.5. The number of furan rings is 1. The fourth-order valence-corrected chi connectivity index (χ4v) is 3.02. The van der Waals surface area contributed by atoms with E-state index in [0.29, 0.717) is 12.3 Å². The number of aryl methyl sites for hydroxylation is 2. The first-order valence-corrected chi connectivity index (χ1v) is 9.77. The third kappa shape index (κ3) is 5.70. The Morgan fingerprint density at radius 1 is 1.10 bits per heavy atom. The molecule has 0 fully saturated rings. The number of amides is 2. The van der Waals surface area contributed by atoms with E-state index in [-0.39, 0.29) is 24.9 Å². The normalized spacial score (nSPS) is 11.0. The molecule has 2 N–H and O–H groups in total. The summed E-state index contributed by atoms with van der Waals surface area (Å²) in [6.45, 7) is 6.81. The number of benzene rings is 1. The van der Waals surface area contributed by atoms with Gasteiger partial charge in [0.25, 0.3) is 0 Å². The van der Waals surface area contributed by atoms with Gasteiger partial charge in [0.15, 0.2) is 0 Å². The summed E-state index contributed by atoms with van der Waals surface area (Å²) < 4.78 is 7.07. The van der Waals surface area contributed by atoms with Crippen LogP contribution < -0.4 is 10.6 Å². The van der Waals surface area contributed by atoms with Crippen LogP contribution in [0, 0.1) is 20.8 Å². The molecule has 2 aromatic heterocycles. The Labute approximate surface area is 175 Å². The number of nitrogens with one attached hydrogen (secondary N) is 2. The molecule has 2 amide bonds. The van der Waals surface area contributed by atoms with Crippen molar-refractivity contribution in [3.63, 3.8) is 0 Å². The van der Waals surface area contributed by atoms with Crippen LogP contribution in [-0.2, 0) is 22.7 Å². The van der Waals surface area contributed by atoms with Crippen molar-refractivity contribution in [2.45, 2.75) is 33.9 Å². The molecule has 2 heterocycles. The molecule has 30 heavy (non-hydrogen) atoms. The largest absolute Gasteiger partial charge is 0.467 e. The molecule has 0 unspecified atom stereocenters. The number of hydrogen-bond donors (Lipinski definition) is 2. The van der Waals surface area contributed by atoms with Crippen molar-refractivity contribution >= 4 is 17.9 Å². The van der Waals surface area contributed by atoms with E-state index >= 15 is 0 Å². The molecule has 0 saturated carbocycles. The van der Waals surface area contributed by atoms with Crippen molar-refractivity contribution in [1.82, 2.24) is 20.4 Å². The first kappa shape index (κ1) is 21.1. The number of carbonyl (C=O) groups excluding carboxylic acids is 2. The minimum atomic E-state index is -0.340. The monoisotopic (exact) mass is 406 g/mol. The molecule has 7 heteroatoms. The van der Waals surface area contributed by atoms with Crippen LogP contribution in [0.15, 0.2) is 53.2 Å². The molecule has 0 bridgehead atoms. The molecule has 0 saturated heterocycles. The Hall–Kier alpha value is -3.61. The molecule has 3 rings (SSSR count). The van der Waals surface area contributed by atoms with Gasteiger partial charge in [-0.2, -0.15) is 5.10 Å². The summed E-state index contributed by atoms with van der Waals surface area (Å²) in [5.74, 6) is 0.0304. The standard InChI is InChI=1S/C23H26N4O3/c1-16-6-8-19(9-7-16)15-27-18(3)21(17(2)26-27)10-11-22(28)25-14-23(29)24-13-20-5-4-12-30-20/h4-12H,13-15H2,1-3H3,(H,24,29)(H,25,28)/b11-10+. The van der Waals surface area contributed by atoms with E-state index in [1.807, 2.05) is 18.5 Å². The Bertz CT molecular complexity index is 1030. The molecule has 0 aliphatic heterocycles. The minimum absolute atomic E-state index is 0.103. The van der Waals surface area contributed by atoms with Crippen molar-refractivity contribution in [2.24, 2.45) is 0 Å². The van der Waals surface area contributed by atoms with E-state index in [0.717, 1.165) is 17.0 Å². The average molecular weight is 406 g/mol. The molecule has 0 radical (unpaired) electrons. The number of aromatic nitrogens is 2. The Kier molecular flexibility index (Phi) is 6.85. The first-order chi connectivity index (χ1) is 14.4. The van der Waals surface area contributed by atoms with Gasteiger partial charge >= 0.3 is 0 Å². The van der Waals surface area contributed by atoms with Gasteiger partial charge in [0.1, 0.15) is 5.76 Å². The SMILES string of the molecule is Cc1ccc(Cn2nc(C)c(/C=C/C(=O)NCC(=O)NCc3ccco3)c2C)cc1. The van der Waals surface area contributed by atoms with Crippen LogP contribution in [-0.4, -0.2) is 28.1 Å². The molecule has 7 nitrogen and oxygen atoms in total. The van der Waals surface area contributed by atoms with Crippen LogP contribution in [0.25, 0.3) is 6.08 Å². The van der Waals surface area contributed by atoms with Crippen LogP contribution in [0.3, 0.4) is 0 Å². The number of hydrogen-bond acceptors (Lipinski definition) is 4. The molecule has 3 aromatic rings. The van der Waals surface area contributed by atoms with Crippen LogP contribution in [0.1, 0.15) is 33.8 Å². The maximum Gasteiger partial charge on any atom is 0.244 e. The lowest BCUT2D eigenvalue weighted by molar-refractivity contribution is -0.124. The number of carbonyl (C=O) groups is 2. The topological polar surface area (TPSA) is 89.2 Å². The van der Waals surface area contributed by atoms with E-state index in [1.54, 1.807) is 24.5 Å². The van der Waals surface area contributed by atoms with Crippen molar-refractivity contribution in [2.75, 3.05) is 6.54 Å². The number of rotatable bonds is 8. The fraction of sp³-hybridized carbons (Fsp3) is 0.261. The lowest BCUT2D eigenvalue weighted by Gasteiger charge is -2.05. The van der Waals surface area contributed by atoms with E-state index in [4.69, 9.17) is 4.42 Å². The Morgan fingerprint density at radius 2 is 1.87 bits per heavy atom. The lowest BCUT2D eigenvalue weighted by Crippen LogP contribution is -2.35. The van der Waals surface area contributed by atoms with E-state index in [1.165, 1.54) is 17.2 Å². The quantitative estimate of drug-likeness (QED) is 0.563. The van der Waals surface area contributed by atoms with Gasteiger partial charge < -0.3 is 15.1 Å². The van der Waals surface area contributed by atoms with Crippen molar-refractivity contribution in [3.8, 4) is 0 Å². The molecular formula is C23H26N4O3. The van der Waals surface area contributed by atoms with Crippen LogP contribution in [0.2, 0.25) is 0 Å². The predicted molar refractivity (Wildman–Crippen MR) is 115 cm³/mol.